The van der Waals surface area contributed by atoms with E-state index in [1.807, 2.05) is 48.5 Å². The summed E-state index contributed by atoms with van der Waals surface area (Å²) in [5.41, 5.74) is 4.87. The van der Waals surface area contributed by atoms with Crippen LogP contribution in [0.3, 0.4) is 0 Å². The Hall–Kier alpha value is -2.15. The first-order valence-corrected chi connectivity index (χ1v) is 5.78. The van der Waals surface area contributed by atoms with Crippen molar-refractivity contribution in [2.24, 2.45) is 0 Å². The smallest absolute Gasteiger partial charge is 0.309 e. The van der Waals surface area contributed by atoms with Gasteiger partial charge in [-0.2, -0.15) is 0 Å². The molecule has 2 aromatic carbocycles. The lowest BCUT2D eigenvalue weighted by Crippen LogP contribution is -2.42. The van der Waals surface area contributed by atoms with Crippen LogP contribution in [0, 0.1) is 6.57 Å². The predicted molar refractivity (Wildman–Crippen MR) is 68.0 cm³/mol. The van der Waals surface area contributed by atoms with E-state index in [0.29, 0.717) is 0 Å². The lowest BCUT2D eigenvalue weighted by Gasteiger charge is -2.29. The van der Waals surface area contributed by atoms with E-state index in [1.165, 1.54) is 0 Å². The largest absolute Gasteiger partial charge is 0.359 e. The normalized spacial score (nSPS) is 15.3. The Morgan fingerprint density at radius 3 is 1.94 bits per heavy atom. The van der Waals surface area contributed by atoms with Gasteiger partial charge in [0, 0.05) is 0 Å². The molecule has 0 saturated heterocycles. The highest BCUT2D eigenvalue weighted by atomic mass is 16.5. The van der Waals surface area contributed by atoms with Crippen molar-refractivity contribution in [2.45, 2.75) is 12.1 Å². The van der Waals surface area contributed by atoms with E-state index in [1.54, 1.807) is 0 Å². The summed E-state index contributed by atoms with van der Waals surface area (Å²) in [5, 5.41) is 9.57. The molecule has 0 unspecified atom stereocenters. The van der Waals surface area contributed by atoms with Gasteiger partial charge < -0.3 is 5.21 Å². The van der Waals surface area contributed by atoms with Gasteiger partial charge in [0.25, 0.3) is 0 Å². The Bertz CT molecular complexity index is 597. The number of hydrogen-bond acceptors (Lipinski definition) is 2. The number of hydroxylamine groups is 1. The number of nitrogens with zero attached hydrogens (tertiary/aromatic N) is 1. The van der Waals surface area contributed by atoms with Crippen LogP contribution in [0.2, 0.25) is 0 Å². The van der Waals surface area contributed by atoms with Crippen LogP contribution in [0.1, 0.15) is 22.3 Å². The Labute approximate surface area is 105 Å². The van der Waals surface area contributed by atoms with Gasteiger partial charge >= 0.3 is 5.66 Å². The number of rotatable bonds is 1. The first-order valence-electron chi connectivity index (χ1n) is 5.78. The first kappa shape index (κ1) is 11.0. The summed E-state index contributed by atoms with van der Waals surface area (Å²) in [6, 6.07) is 15.5. The monoisotopic (exact) mass is 236 g/mol. The third-order valence-corrected chi connectivity index (χ3v) is 3.52. The van der Waals surface area contributed by atoms with E-state index in [-0.39, 0.29) is 0 Å². The summed E-state index contributed by atoms with van der Waals surface area (Å²) in [6.07, 6.45) is 0.797. The van der Waals surface area contributed by atoms with E-state index < -0.39 is 5.66 Å². The molecule has 2 N–H and O–H groups in total. The summed E-state index contributed by atoms with van der Waals surface area (Å²) in [4.78, 5) is 3.67. The van der Waals surface area contributed by atoms with E-state index in [4.69, 9.17) is 6.57 Å². The maximum atomic E-state index is 9.57. The molecule has 0 aliphatic heterocycles. The van der Waals surface area contributed by atoms with Gasteiger partial charge in [0.2, 0.25) is 0 Å². The van der Waals surface area contributed by atoms with Gasteiger partial charge in [-0.1, -0.05) is 36.4 Å². The van der Waals surface area contributed by atoms with Crippen LogP contribution < -0.4 is 5.48 Å². The van der Waals surface area contributed by atoms with E-state index >= 15 is 0 Å². The third kappa shape index (κ3) is 1.31. The number of benzene rings is 2. The molecule has 0 bridgehead atoms. The number of nitrogens with one attached hydrogen (secondary N) is 1. The average molecular weight is 236 g/mol. The molecule has 3 nitrogen and oxygen atoms in total. The van der Waals surface area contributed by atoms with Gasteiger partial charge in [-0.25, -0.2) is 6.57 Å². The van der Waals surface area contributed by atoms with Gasteiger partial charge in [-0.05, 0) is 29.7 Å². The summed E-state index contributed by atoms with van der Waals surface area (Å²) < 4.78 is 0. The fraction of sp³-hybridized carbons (Fsp3) is 0.133. The van der Waals surface area contributed by atoms with Crippen molar-refractivity contribution in [3.63, 3.8) is 0 Å². The minimum Gasteiger partial charge on any atom is -0.309 e. The highest BCUT2D eigenvalue weighted by molar-refractivity contribution is 5.54. The van der Waals surface area contributed by atoms with Crippen LogP contribution >= 0.6 is 0 Å². The van der Waals surface area contributed by atoms with Gasteiger partial charge in [-0.3, -0.25) is 4.85 Å². The summed E-state index contributed by atoms with van der Waals surface area (Å²) in [5.74, 6) is 0. The molecule has 3 rings (SSSR count). The van der Waals surface area contributed by atoms with Gasteiger partial charge in [-0.15, -0.1) is 5.48 Å². The van der Waals surface area contributed by atoms with Crippen LogP contribution in [0.4, 0.5) is 0 Å². The van der Waals surface area contributed by atoms with Crippen molar-refractivity contribution in [1.82, 2.24) is 5.48 Å². The van der Waals surface area contributed by atoms with E-state index in [9.17, 15) is 5.21 Å². The summed E-state index contributed by atoms with van der Waals surface area (Å²) in [7, 11) is 0. The highest BCUT2D eigenvalue weighted by Crippen LogP contribution is 2.40. The third-order valence-electron chi connectivity index (χ3n) is 3.52. The Kier molecular flexibility index (Phi) is 2.41. The number of hydrogen-bond donors (Lipinski definition) is 2. The zero-order chi connectivity index (χ0) is 12.6. The standard InChI is InChI=1S/C15H12N2O/c1-16-15(17-18)13-8-4-2-6-11(13)10-12-7-3-5-9-14(12)15/h2-9,17-18H,10H2. The molecule has 0 atom stereocenters. The minimum atomic E-state index is -1.18. The SMILES string of the molecule is [C-]#[N+]C1(NO)c2ccccc2Cc2ccccc21. The molecule has 0 spiro atoms. The second kappa shape index (κ2) is 3.95. The molecule has 88 valence electrons. The lowest BCUT2D eigenvalue weighted by molar-refractivity contribution is 0.104. The molecule has 0 radical (unpaired) electrons. The van der Waals surface area contributed by atoms with Crippen LogP contribution in [0.15, 0.2) is 48.5 Å². The highest BCUT2D eigenvalue weighted by Gasteiger charge is 2.46. The Morgan fingerprint density at radius 1 is 1.00 bits per heavy atom. The van der Waals surface area contributed by atoms with Crippen molar-refractivity contribution < 1.29 is 5.21 Å². The van der Waals surface area contributed by atoms with Crippen LogP contribution in [0.5, 0.6) is 0 Å². The quantitative estimate of drug-likeness (QED) is 0.590. The second-order valence-corrected chi connectivity index (χ2v) is 4.43. The molecule has 0 aromatic heterocycles. The van der Waals surface area contributed by atoms with Crippen molar-refractivity contribution in [3.05, 3.63) is 82.2 Å². The maximum Gasteiger partial charge on any atom is 0.359 e. The van der Waals surface area contributed by atoms with Gasteiger partial charge in [0.1, 0.15) is 0 Å². The molecule has 0 amide bonds. The van der Waals surface area contributed by atoms with Crippen molar-refractivity contribution in [2.75, 3.05) is 0 Å². The van der Waals surface area contributed by atoms with E-state index in [2.05, 4.69) is 10.3 Å². The topological polar surface area (TPSA) is 36.6 Å². The molecule has 2 aromatic rings. The van der Waals surface area contributed by atoms with Crippen LogP contribution in [-0.4, -0.2) is 5.21 Å². The predicted octanol–water partition coefficient (Wildman–Crippen LogP) is 2.69. The zero-order valence-corrected chi connectivity index (χ0v) is 9.72. The minimum absolute atomic E-state index is 0.797. The molecule has 3 heteroatoms. The molecular formula is C15H12N2O. The van der Waals surface area contributed by atoms with Crippen molar-refractivity contribution in [3.8, 4) is 0 Å². The molecule has 1 aliphatic rings. The molecule has 18 heavy (non-hydrogen) atoms. The molecule has 0 heterocycles. The van der Waals surface area contributed by atoms with Gasteiger partial charge in [0.15, 0.2) is 0 Å². The Balaban J connectivity index is 2.35. The van der Waals surface area contributed by atoms with Crippen LogP contribution in [0.25, 0.3) is 4.85 Å². The molecule has 0 fully saturated rings. The molecular weight excluding hydrogens is 224 g/mol. The van der Waals surface area contributed by atoms with E-state index in [0.717, 1.165) is 28.7 Å². The van der Waals surface area contributed by atoms with Gasteiger partial charge in [0.05, 0.1) is 11.1 Å². The lowest BCUT2D eigenvalue weighted by atomic mass is 9.78. The van der Waals surface area contributed by atoms with Crippen LogP contribution in [-0.2, 0) is 12.1 Å². The fourth-order valence-electron chi connectivity index (χ4n) is 2.67. The Morgan fingerprint density at radius 2 is 1.50 bits per heavy atom. The molecule has 1 aliphatic carbocycles. The molecule has 0 saturated carbocycles. The number of fused-ring (bicyclic) bond motifs is 2. The fourth-order valence-corrected chi connectivity index (χ4v) is 2.67. The summed E-state index contributed by atoms with van der Waals surface area (Å²) >= 11 is 0. The zero-order valence-electron chi connectivity index (χ0n) is 9.72. The average Bonchev–Trinajstić information content (AvgIpc) is 2.45. The maximum absolute atomic E-state index is 9.57. The second-order valence-electron chi connectivity index (χ2n) is 4.43. The van der Waals surface area contributed by atoms with Crippen molar-refractivity contribution >= 4 is 0 Å². The first-order chi connectivity index (χ1) is 8.81. The van der Waals surface area contributed by atoms with Crippen molar-refractivity contribution in [1.29, 1.82) is 0 Å². The summed E-state index contributed by atoms with van der Waals surface area (Å²) in [6.45, 7) is 7.51.